The molecule has 6 nitrogen and oxygen atoms in total. The van der Waals surface area contributed by atoms with Crippen LogP contribution in [0.25, 0.3) is 20.8 Å². The largest absolute Gasteiger partial charge is 0.488 e. The number of benzene rings is 2. The van der Waals surface area contributed by atoms with Gasteiger partial charge in [-0.15, -0.1) is 11.3 Å². The molecule has 2 aromatic carbocycles. The molecule has 0 amide bonds. The maximum atomic E-state index is 14.4. The second-order valence-electron chi connectivity index (χ2n) is 6.04. The molecule has 1 aromatic heterocycles. The molecule has 0 bridgehead atoms. The predicted octanol–water partition coefficient (Wildman–Crippen LogP) is 3.52. The molecular formula is C21H24FNO5S. The summed E-state index contributed by atoms with van der Waals surface area (Å²) in [5, 5.41) is 9.34. The number of thiazole rings is 1. The van der Waals surface area contributed by atoms with E-state index in [0.29, 0.717) is 39.6 Å². The van der Waals surface area contributed by atoms with E-state index in [2.05, 4.69) is 4.98 Å². The minimum Gasteiger partial charge on any atom is -0.488 e. The fraction of sp³-hybridized carbons (Fsp3) is 0.381. The second-order valence-corrected chi connectivity index (χ2v) is 7.07. The van der Waals surface area contributed by atoms with Crippen LogP contribution in [0.15, 0.2) is 42.5 Å². The quantitative estimate of drug-likeness (QED) is 0.426. The van der Waals surface area contributed by atoms with Gasteiger partial charge in [0.05, 0.1) is 56.5 Å². The van der Waals surface area contributed by atoms with Gasteiger partial charge in [0.1, 0.15) is 11.6 Å². The predicted molar refractivity (Wildman–Crippen MR) is 110 cm³/mol. The minimum atomic E-state index is -0.423. The van der Waals surface area contributed by atoms with E-state index in [-0.39, 0.29) is 19.0 Å². The summed E-state index contributed by atoms with van der Waals surface area (Å²) in [6.07, 6.45) is 0. The number of aromatic nitrogens is 1. The Kier molecular flexibility index (Phi) is 8.79. The molecule has 0 aliphatic rings. The van der Waals surface area contributed by atoms with Crippen molar-refractivity contribution in [3.63, 3.8) is 0 Å². The van der Waals surface area contributed by atoms with E-state index in [1.165, 1.54) is 17.4 Å². The molecule has 3 aromatic rings. The molecule has 0 saturated heterocycles. The molecule has 0 atom stereocenters. The van der Waals surface area contributed by atoms with Gasteiger partial charge >= 0.3 is 0 Å². The van der Waals surface area contributed by atoms with Gasteiger partial charge in [-0.05, 0) is 30.3 Å². The first kappa shape index (κ1) is 21.6. The van der Waals surface area contributed by atoms with Crippen LogP contribution in [0.5, 0.6) is 5.75 Å². The molecular weight excluding hydrogens is 397 g/mol. The summed E-state index contributed by atoms with van der Waals surface area (Å²) >= 11 is 1.53. The van der Waals surface area contributed by atoms with E-state index in [4.69, 9.17) is 24.1 Å². The zero-order valence-corrected chi connectivity index (χ0v) is 16.8. The van der Waals surface area contributed by atoms with E-state index >= 15 is 0 Å². The van der Waals surface area contributed by atoms with Crippen LogP contribution in [-0.2, 0) is 14.2 Å². The van der Waals surface area contributed by atoms with Gasteiger partial charge in [-0.1, -0.05) is 12.1 Å². The van der Waals surface area contributed by atoms with Gasteiger partial charge in [-0.25, -0.2) is 9.37 Å². The first-order chi connectivity index (χ1) is 14.3. The average Bonchev–Trinajstić information content (AvgIpc) is 3.17. The molecule has 29 heavy (non-hydrogen) atoms. The topological polar surface area (TPSA) is 70.0 Å². The molecule has 3 rings (SSSR count). The molecule has 156 valence electrons. The number of ether oxygens (including phenoxy) is 4. The summed E-state index contributed by atoms with van der Waals surface area (Å²) < 4.78 is 36.6. The summed E-state index contributed by atoms with van der Waals surface area (Å²) in [6, 6.07) is 12.7. The first-order valence-corrected chi connectivity index (χ1v) is 10.2. The highest BCUT2D eigenvalue weighted by molar-refractivity contribution is 7.21. The fourth-order valence-corrected chi connectivity index (χ4v) is 3.53. The highest BCUT2D eigenvalue weighted by atomic mass is 32.1. The SMILES string of the molecule is OCCOCCOCCOCCOc1ccc(-c2nc3ccccc3s2)cc1F. The second kappa shape index (κ2) is 11.8. The van der Waals surface area contributed by atoms with E-state index in [1.807, 2.05) is 30.3 Å². The Bertz CT molecular complexity index is 855. The third kappa shape index (κ3) is 6.73. The maximum Gasteiger partial charge on any atom is 0.165 e. The van der Waals surface area contributed by atoms with Crippen LogP contribution in [-0.4, -0.2) is 62.9 Å². The molecule has 0 aliphatic heterocycles. The molecule has 1 N–H and O–H groups in total. The number of hydrogen-bond acceptors (Lipinski definition) is 7. The lowest BCUT2D eigenvalue weighted by molar-refractivity contribution is 0.00346. The van der Waals surface area contributed by atoms with Crippen molar-refractivity contribution in [2.24, 2.45) is 0 Å². The van der Waals surface area contributed by atoms with Crippen LogP contribution in [0.4, 0.5) is 4.39 Å². The van der Waals surface area contributed by atoms with Crippen molar-refractivity contribution >= 4 is 21.6 Å². The van der Waals surface area contributed by atoms with Crippen molar-refractivity contribution in [3.8, 4) is 16.3 Å². The number of nitrogens with zero attached hydrogens (tertiary/aromatic N) is 1. The van der Waals surface area contributed by atoms with Gasteiger partial charge < -0.3 is 24.1 Å². The Hall–Kier alpha value is -2.10. The third-order valence-electron chi connectivity index (χ3n) is 3.94. The minimum absolute atomic E-state index is 0.00834. The van der Waals surface area contributed by atoms with Crippen LogP contribution in [0.3, 0.4) is 0 Å². The van der Waals surface area contributed by atoms with Crippen LogP contribution in [0.1, 0.15) is 0 Å². The molecule has 0 unspecified atom stereocenters. The Morgan fingerprint density at radius 2 is 1.55 bits per heavy atom. The lowest BCUT2D eigenvalue weighted by atomic mass is 10.2. The molecule has 0 saturated carbocycles. The number of para-hydroxylation sites is 1. The summed E-state index contributed by atoms with van der Waals surface area (Å²) in [5.74, 6) is -0.233. The van der Waals surface area contributed by atoms with E-state index < -0.39 is 5.82 Å². The van der Waals surface area contributed by atoms with Crippen molar-refractivity contribution < 1.29 is 28.4 Å². The fourth-order valence-electron chi connectivity index (χ4n) is 2.56. The van der Waals surface area contributed by atoms with Crippen molar-refractivity contribution in [2.75, 3.05) is 52.9 Å². The van der Waals surface area contributed by atoms with Crippen molar-refractivity contribution in [3.05, 3.63) is 48.3 Å². The average molecular weight is 421 g/mol. The van der Waals surface area contributed by atoms with Crippen molar-refractivity contribution in [1.29, 1.82) is 0 Å². The van der Waals surface area contributed by atoms with Crippen LogP contribution >= 0.6 is 11.3 Å². The zero-order valence-electron chi connectivity index (χ0n) is 16.0. The normalized spacial score (nSPS) is 11.2. The van der Waals surface area contributed by atoms with E-state index in [1.54, 1.807) is 6.07 Å². The summed E-state index contributed by atoms with van der Waals surface area (Å²) in [6.45, 7) is 2.66. The van der Waals surface area contributed by atoms with Gasteiger partial charge in [0.2, 0.25) is 0 Å². The smallest absolute Gasteiger partial charge is 0.165 e. The molecule has 0 radical (unpaired) electrons. The third-order valence-corrected chi connectivity index (χ3v) is 5.02. The molecule has 1 heterocycles. The number of aliphatic hydroxyl groups excluding tert-OH is 1. The monoisotopic (exact) mass is 421 g/mol. The van der Waals surface area contributed by atoms with Gasteiger partial charge in [0, 0.05) is 5.56 Å². The van der Waals surface area contributed by atoms with Crippen molar-refractivity contribution in [2.45, 2.75) is 0 Å². The number of halogens is 1. The highest BCUT2D eigenvalue weighted by Gasteiger charge is 2.10. The Labute approximate surface area is 172 Å². The van der Waals surface area contributed by atoms with E-state index in [0.717, 1.165) is 20.8 Å². The highest BCUT2D eigenvalue weighted by Crippen LogP contribution is 2.32. The number of fused-ring (bicyclic) bond motifs is 1. The number of hydrogen-bond donors (Lipinski definition) is 1. The van der Waals surface area contributed by atoms with Crippen LogP contribution < -0.4 is 4.74 Å². The van der Waals surface area contributed by atoms with E-state index in [9.17, 15) is 4.39 Å². The van der Waals surface area contributed by atoms with Crippen molar-refractivity contribution in [1.82, 2.24) is 4.98 Å². The Balaban J connectivity index is 1.36. The van der Waals surface area contributed by atoms with Crippen LogP contribution in [0, 0.1) is 5.82 Å². The standard InChI is InChI=1S/C21H24FNO5S/c22-17-15-16(21-23-18-3-1-2-4-20(18)29-21)5-6-19(17)28-14-13-27-12-11-26-10-9-25-8-7-24/h1-6,15,24H,7-14H2. The maximum absolute atomic E-state index is 14.4. The molecule has 0 aliphatic carbocycles. The van der Waals surface area contributed by atoms with Gasteiger partial charge in [0.15, 0.2) is 11.6 Å². The molecule has 8 heteroatoms. The van der Waals surface area contributed by atoms with Crippen LogP contribution in [0.2, 0.25) is 0 Å². The van der Waals surface area contributed by atoms with Gasteiger partial charge in [-0.3, -0.25) is 0 Å². The summed E-state index contributed by atoms with van der Waals surface area (Å²) in [5.41, 5.74) is 1.64. The summed E-state index contributed by atoms with van der Waals surface area (Å²) in [4.78, 5) is 4.55. The lowest BCUT2D eigenvalue weighted by Crippen LogP contribution is -2.13. The molecule has 0 fully saturated rings. The van der Waals surface area contributed by atoms with Gasteiger partial charge in [0.25, 0.3) is 0 Å². The molecule has 0 spiro atoms. The number of rotatable bonds is 13. The van der Waals surface area contributed by atoms with Gasteiger partial charge in [-0.2, -0.15) is 0 Å². The zero-order chi connectivity index (χ0) is 20.3. The summed E-state index contributed by atoms with van der Waals surface area (Å²) in [7, 11) is 0. The Morgan fingerprint density at radius 3 is 2.24 bits per heavy atom. The Morgan fingerprint density at radius 1 is 0.862 bits per heavy atom. The number of aliphatic hydroxyl groups is 1. The lowest BCUT2D eigenvalue weighted by Gasteiger charge is -2.09. The first-order valence-electron chi connectivity index (χ1n) is 9.40.